The molecule has 0 N–H and O–H groups in total. The summed E-state index contributed by atoms with van der Waals surface area (Å²) < 4.78 is 38.7. The second-order valence-corrected chi connectivity index (χ2v) is 6.21. The Morgan fingerprint density at radius 2 is 1.76 bits per heavy atom. The summed E-state index contributed by atoms with van der Waals surface area (Å²) in [6.45, 7) is 0. The van der Waals surface area contributed by atoms with Crippen LogP contribution in [0.5, 0.6) is 0 Å². The van der Waals surface area contributed by atoms with Crippen LogP contribution < -0.4 is 0 Å². The molecule has 0 unspecified atom stereocenters. The van der Waals surface area contributed by atoms with Crippen LogP contribution in [-0.4, -0.2) is 11.5 Å². The summed E-state index contributed by atoms with van der Waals surface area (Å²) in [5.41, 5.74) is -0.726. The van der Waals surface area contributed by atoms with Gasteiger partial charge in [0.25, 0.3) is 0 Å². The maximum atomic E-state index is 12.6. The topological polar surface area (TPSA) is 17.1 Å². The first kappa shape index (κ1) is 16.1. The Balaban J connectivity index is 2.05. The molecule has 0 radical (unpaired) electrons. The van der Waals surface area contributed by atoms with Gasteiger partial charge in [-0.25, -0.2) is 0 Å². The summed E-state index contributed by atoms with van der Waals surface area (Å²) in [5.74, 6) is -0.225. The number of hydrogen-bond acceptors (Lipinski definition) is 2. The Hall–Kier alpha value is -1.27. The first-order valence-corrected chi connectivity index (χ1v) is 7.73. The molecule has 21 heavy (non-hydrogen) atoms. The zero-order chi connectivity index (χ0) is 15.5. The molecule has 0 spiro atoms. The van der Waals surface area contributed by atoms with Gasteiger partial charge in [-0.1, -0.05) is 28.1 Å². The highest BCUT2D eigenvalue weighted by Gasteiger charge is 2.30. The average molecular weight is 375 g/mol. The molecule has 0 amide bonds. The molecular formula is C15H10BrF3OS. The fraction of sp³-hybridized carbons (Fsp3) is 0.133. The molecule has 0 heterocycles. The minimum atomic E-state index is -4.44. The lowest BCUT2D eigenvalue weighted by Gasteiger charge is -2.08. The highest BCUT2D eigenvalue weighted by Crippen LogP contribution is 2.30. The number of halogens is 4. The average Bonchev–Trinajstić information content (AvgIpc) is 2.45. The Morgan fingerprint density at radius 1 is 1.10 bits per heavy atom. The van der Waals surface area contributed by atoms with E-state index in [1.54, 1.807) is 0 Å². The van der Waals surface area contributed by atoms with Gasteiger partial charge in [0.15, 0.2) is 5.78 Å². The molecule has 0 aliphatic rings. The second kappa shape index (κ2) is 6.66. The van der Waals surface area contributed by atoms with Crippen LogP contribution in [0.25, 0.3) is 0 Å². The van der Waals surface area contributed by atoms with Gasteiger partial charge in [-0.3, -0.25) is 4.79 Å². The third-order valence-electron chi connectivity index (χ3n) is 2.70. The van der Waals surface area contributed by atoms with E-state index in [0.29, 0.717) is 0 Å². The Labute approximate surface area is 132 Å². The third-order valence-corrected chi connectivity index (χ3v) is 4.24. The molecule has 0 saturated heterocycles. The number of thioether (sulfide) groups is 1. The molecule has 6 heteroatoms. The molecule has 2 aromatic carbocycles. The second-order valence-electron chi connectivity index (χ2n) is 4.24. The van der Waals surface area contributed by atoms with Crippen LogP contribution >= 0.6 is 27.7 Å². The van der Waals surface area contributed by atoms with Gasteiger partial charge in [-0.2, -0.15) is 13.2 Å². The molecule has 0 aromatic heterocycles. The minimum absolute atomic E-state index is 0.0782. The SMILES string of the molecule is O=C(CSc1ccc(Br)cc1)c1cccc(C(F)(F)F)c1. The van der Waals surface area contributed by atoms with Crippen LogP contribution in [0.1, 0.15) is 15.9 Å². The number of Topliss-reactive ketones (excluding diaryl/α,β-unsaturated/α-hetero) is 1. The van der Waals surface area contributed by atoms with E-state index >= 15 is 0 Å². The van der Waals surface area contributed by atoms with Crippen molar-refractivity contribution in [2.45, 2.75) is 11.1 Å². The third kappa shape index (κ3) is 4.61. The van der Waals surface area contributed by atoms with E-state index < -0.39 is 11.7 Å². The van der Waals surface area contributed by atoms with Gasteiger partial charge >= 0.3 is 6.18 Å². The molecule has 0 bridgehead atoms. The lowest BCUT2D eigenvalue weighted by Crippen LogP contribution is -2.08. The van der Waals surface area contributed by atoms with Crippen LogP contribution in [0, 0.1) is 0 Å². The van der Waals surface area contributed by atoms with Crippen molar-refractivity contribution in [3.8, 4) is 0 Å². The molecular weight excluding hydrogens is 365 g/mol. The lowest BCUT2D eigenvalue weighted by molar-refractivity contribution is -0.137. The van der Waals surface area contributed by atoms with Gasteiger partial charge in [-0.15, -0.1) is 11.8 Å². The minimum Gasteiger partial charge on any atom is -0.293 e. The van der Waals surface area contributed by atoms with E-state index in [1.165, 1.54) is 23.9 Å². The first-order chi connectivity index (χ1) is 9.86. The van der Waals surface area contributed by atoms with Crippen molar-refractivity contribution in [1.29, 1.82) is 0 Å². The van der Waals surface area contributed by atoms with Crippen molar-refractivity contribution in [3.05, 3.63) is 64.1 Å². The molecule has 110 valence electrons. The molecule has 0 saturated carbocycles. The fourth-order valence-electron chi connectivity index (χ4n) is 1.63. The maximum absolute atomic E-state index is 12.6. The normalized spacial score (nSPS) is 11.4. The number of ketones is 1. The lowest BCUT2D eigenvalue weighted by atomic mass is 10.1. The van der Waals surface area contributed by atoms with E-state index in [2.05, 4.69) is 15.9 Å². The van der Waals surface area contributed by atoms with Crippen LogP contribution in [0.2, 0.25) is 0 Å². The Bertz CT molecular complexity index is 638. The number of hydrogen-bond donors (Lipinski definition) is 0. The summed E-state index contributed by atoms with van der Waals surface area (Å²) in [6, 6.07) is 11.9. The van der Waals surface area contributed by atoms with Gasteiger partial charge in [-0.05, 0) is 36.4 Å². The van der Waals surface area contributed by atoms with E-state index in [9.17, 15) is 18.0 Å². The van der Waals surface area contributed by atoms with E-state index in [-0.39, 0.29) is 17.1 Å². The van der Waals surface area contributed by atoms with Gasteiger partial charge < -0.3 is 0 Å². The highest BCUT2D eigenvalue weighted by atomic mass is 79.9. The monoisotopic (exact) mass is 374 g/mol. The van der Waals surface area contributed by atoms with Crippen molar-refractivity contribution in [2.24, 2.45) is 0 Å². The zero-order valence-electron chi connectivity index (χ0n) is 10.7. The van der Waals surface area contributed by atoms with Gasteiger partial charge in [0.1, 0.15) is 0 Å². The largest absolute Gasteiger partial charge is 0.416 e. The number of alkyl halides is 3. The molecule has 2 aromatic rings. The summed E-state index contributed by atoms with van der Waals surface area (Å²) in [7, 11) is 0. The summed E-state index contributed by atoms with van der Waals surface area (Å²) in [5, 5.41) is 0. The zero-order valence-corrected chi connectivity index (χ0v) is 13.1. The summed E-state index contributed by atoms with van der Waals surface area (Å²) in [4.78, 5) is 12.9. The Kier molecular flexibility index (Phi) is 5.11. The number of carbonyl (C=O) groups excluding carboxylic acids is 1. The van der Waals surface area contributed by atoms with Crippen LogP contribution in [0.3, 0.4) is 0 Å². The number of rotatable bonds is 4. The van der Waals surface area contributed by atoms with Crippen LogP contribution in [0.15, 0.2) is 57.9 Å². The molecule has 0 atom stereocenters. The number of benzene rings is 2. The van der Waals surface area contributed by atoms with Crippen molar-refractivity contribution in [1.82, 2.24) is 0 Å². The molecule has 0 fully saturated rings. The van der Waals surface area contributed by atoms with Crippen molar-refractivity contribution < 1.29 is 18.0 Å². The van der Waals surface area contributed by atoms with E-state index in [4.69, 9.17) is 0 Å². The summed E-state index contributed by atoms with van der Waals surface area (Å²) >= 11 is 4.60. The van der Waals surface area contributed by atoms with E-state index in [1.807, 2.05) is 24.3 Å². The molecule has 1 nitrogen and oxygen atoms in total. The predicted octanol–water partition coefficient (Wildman–Crippen LogP) is 5.44. The van der Waals surface area contributed by atoms with Crippen LogP contribution in [0.4, 0.5) is 13.2 Å². The number of carbonyl (C=O) groups is 1. The molecule has 0 aliphatic carbocycles. The van der Waals surface area contributed by atoms with Crippen molar-refractivity contribution in [2.75, 3.05) is 5.75 Å². The summed E-state index contributed by atoms with van der Waals surface area (Å²) in [6.07, 6.45) is -4.44. The highest BCUT2D eigenvalue weighted by molar-refractivity contribution is 9.10. The smallest absolute Gasteiger partial charge is 0.293 e. The van der Waals surface area contributed by atoms with Gasteiger partial charge in [0.2, 0.25) is 0 Å². The van der Waals surface area contributed by atoms with Gasteiger partial charge in [0, 0.05) is 14.9 Å². The first-order valence-electron chi connectivity index (χ1n) is 5.95. The molecule has 2 rings (SSSR count). The Morgan fingerprint density at radius 3 is 2.38 bits per heavy atom. The molecule has 0 aliphatic heterocycles. The predicted molar refractivity (Wildman–Crippen MR) is 80.6 cm³/mol. The van der Waals surface area contributed by atoms with Gasteiger partial charge in [0.05, 0.1) is 11.3 Å². The standard InChI is InChI=1S/C15H10BrF3OS/c16-12-4-6-13(7-5-12)21-9-14(20)10-2-1-3-11(8-10)15(17,18)19/h1-8H,9H2. The van der Waals surface area contributed by atoms with Crippen molar-refractivity contribution >= 4 is 33.5 Å². The van der Waals surface area contributed by atoms with Crippen LogP contribution in [-0.2, 0) is 6.18 Å². The quantitative estimate of drug-likeness (QED) is 0.523. The maximum Gasteiger partial charge on any atom is 0.416 e. The van der Waals surface area contributed by atoms with Crippen molar-refractivity contribution in [3.63, 3.8) is 0 Å². The fourth-order valence-corrected chi connectivity index (χ4v) is 2.69. The van der Waals surface area contributed by atoms with E-state index in [0.717, 1.165) is 21.5 Å².